The fraction of sp³-hybridized carbons (Fsp3) is 0.167. The number of nitrogens with two attached hydrogens (primary N) is 1. The van der Waals surface area contributed by atoms with Crippen LogP contribution in [0.1, 0.15) is 23.1 Å². The van der Waals surface area contributed by atoms with Crippen LogP contribution in [0.15, 0.2) is 30.6 Å². The van der Waals surface area contributed by atoms with Gasteiger partial charge in [-0.05, 0) is 18.2 Å². The molecule has 0 saturated carbocycles. The number of aryl methyl sites for hydroxylation is 1. The van der Waals surface area contributed by atoms with Crippen LogP contribution < -0.4 is 5.73 Å². The Kier molecular flexibility index (Phi) is 3.15. The van der Waals surface area contributed by atoms with Gasteiger partial charge in [0.15, 0.2) is 0 Å². The van der Waals surface area contributed by atoms with Crippen molar-refractivity contribution in [2.24, 2.45) is 0 Å². The second-order valence-electron chi connectivity index (χ2n) is 3.61. The number of hydrogen-bond acceptors (Lipinski definition) is 3. The highest BCUT2D eigenvalue weighted by atomic mass is 35.5. The lowest BCUT2D eigenvalue weighted by molar-refractivity contribution is 0.0957. The Morgan fingerprint density at radius 3 is 2.94 bits per heavy atom. The number of nitrogens with zero attached hydrogens (tertiary/aromatic N) is 2. The average Bonchev–Trinajstić information content (AvgIpc) is 2.80. The second-order valence-corrected chi connectivity index (χ2v) is 4.02. The van der Waals surface area contributed by atoms with E-state index in [-0.39, 0.29) is 5.91 Å². The van der Waals surface area contributed by atoms with Gasteiger partial charge in [-0.2, -0.15) is 0 Å². The number of aromatic nitrogens is 2. The van der Waals surface area contributed by atoms with E-state index in [1.807, 2.05) is 6.92 Å². The molecule has 0 amide bonds. The smallest absolute Gasteiger partial charge is 0.263 e. The van der Waals surface area contributed by atoms with Crippen LogP contribution in [0.3, 0.4) is 0 Å². The molecule has 0 fully saturated rings. The first kappa shape index (κ1) is 11.7. The third-order valence-corrected chi connectivity index (χ3v) is 2.84. The molecule has 1 heterocycles. The van der Waals surface area contributed by atoms with E-state index >= 15 is 0 Å². The summed E-state index contributed by atoms with van der Waals surface area (Å²) in [7, 11) is 0. The molecule has 0 unspecified atom stereocenters. The number of rotatable bonds is 2. The Morgan fingerprint density at radius 2 is 2.29 bits per heavy atom. The largest absolute Gasteiger partial charge is 0.398 e. The van der Waals surface area contributed by atoms with Crippen LogP contribution in [-0.4, -0.2) is 15.5 Å². The van der Waals surface area contributed by atoms with Crippen molar-refractivity contribution in [1.29, 1.82) is 0 Å². The molecule has 0 bridgehead atoms. The topological polar surface area (TPSA) is 60.9 Å². The SMILES string of the molecule is CCc1nccn1C(=O)c1ccc(Cl)c(N)c1. The Hall–Kier alpha value is -1.81. The van der Waals surface area contributed by atoms with E-state index in [1.165, 1.54) is 4.57 Å². The van der Waals surface area contributed by atoms with Crippen LogP contribution >= 0.6 is 11.6 Å². The van der Waals surface area contributed by atoms with Crippen LogP contribution in [0.5, 0.6) is 0 Å². The highest BCUT2D eigenvalue weighted by Gasteiger charge is 2.12. The van der Waals surface area contributed by atoms with Gasteiger partial charge < -0.3 is 5.73 Å². The number of nitrogen functional groups attached to an aromatic ring is 1. The summed E-state index contributed by atoms with van der Waals surface area (Å²) in [5.74, 6) is 0.575. The van der Waals surface area contributed by atoms with Crippen molar-refractivity contribution < 1.29 is 4.79 Å². The van der Waals surface area contributed by atoms with Crippen molar-refractivity contribution in [1.82, 2.24) is 9.55 Å². The standard InChI is InChI=1S/C12H12ClN3O/c1-2-11-15-5-6-16(11)12(17)8-3-4-9(13)10(14)7-8/h3-7H,2,14H2,1H3. The Labute approximate surface area is 104 Å². The lowest BCUT2D eigenvalue weighted by Crippen LogP contribution is -2.14. The van der Waals surface area contributed by atoms with Crippen molar-refractivity contribution in [3.63, 3.8) is 0 Å². The van der Waals surface area contributed by atoms with E-state index in [1.54, 1.807) is 30.6 Å². The third kappa shape index (κ3) is 2.17. The number of carbonyl (C=O) groups excluding carboxylic acids is 1. The van der Waals surface area contributed by atoms with Crippen molar-refractivity contribution in [2.75, 3.05) is 5.73 Å². The van der Waals surface area contributed by atoms with Crippen molar-refractivity contribution in [3.05, 3.63) is 47.0 Å². The highest BCUT2D eigenvalue weighted by Crippen LogP contribution is 2.20. The number of imidazole rings is 1. The third-order valence-electron chi connectivity index (χ3n) is 2.50. The molecule has 0 aliphatic rings. The zero-order valence-electron chi connectivity index (χ0n) is 9.35. The number of benzene rings is 1. The molecule has 0 radical (unpaired) electrons. The number of halogens is 1. The van der Waals surface area contributed by atoms with E-state index < -0.39 is 0 Å². The molecular weight excluding hydrogens is 238 g/mol. The van der Waals surface area contributed by atoms with Crippen LogP contribution in [0.2, 0.25) is 5.02 Å². The van der Waals surface area contributed by atoms with Gasteiger partial charge in [-0.1, -0.05) is 18.5 Å². The van der Waals surface area contributed by atoms with Crippen LogP contribution in [-0.2, 0) is 6.42 Å². The first-order valence-corrected chi connectivity index (χ1v) is 5.63. The quantitative estimate of drug-likeness (QED) is 0.832. The van der Waals surface area contributed by atoms with Gasteiger partial charge in [-0.3, -0.25) is 9.36 Å². The summed E-state index contributed by atoms with van der Waals surface area (Å²) in [4.78, 5) is 16.3. The minimum Gasteiger partial charge on any atom is -0.398 e. The molecular formula is C12H12ClN3O. The average molecular weight is 250 g/mol. The monoisotopic (exact) mass is 249 g/mol. The molecule has 2 rings (SSSR count). The molecule has 1 aromatic carbocycles. The second kappa shape index (κ2) is 4.59. The van der Waals surface area contributed by atoms with E-state index in [0.29, 0.717) is 22.7 Å². The molecule has 0 atom stereocenters. The highest BCUT2D eigenvalue weighted by molar-refractivity contribution is 6.33. The van der Waals surface area contributed by atoms with Gasteiger partial charge in [0.25, 0.3) is 5.91 Å². The zero-order chi connectivity index (χ0) is 12.4. The Balaban J connectivity index is 2.40. The van der Waals surface area contributed by atoms with Crippen LogP contribution in [0, 0.1) is 0 Å². The van der Waals surface area contributed by atoms with Gasteiger partial charge in [0.05, 0.1) is 10.7 Å². The normalized spacial score (nSPS) is 10.5. The predicted molar refractivity (Wildman–Crippen MR) is 67.2 cm³/mol. The lowest BCUT2D eigenvalue weighted by atomic mass is 10.2. The molecule has 4 nitrogen and oxygen atoms in total. The van der Waals surface area contributed by atoms with Gasteiger partial charge in [-0.15, -0.1) is 0 Å². The van der Waals surface area contributed by atoms with Crippen molar-refractivity contribution in [3.8, 4) is 0 Å². The molecule has 17 heavy (non-hydrogen) atoms. The van der Waals surface area contributed by atoms with E-state index in [4.69, 9.17) is 17.3 Å². The van der Waals surface area contributed by atoms with Gasteiger partial charge in [0.1, 0.15) is 5.82 Å². The zero-order valence-corrected chi connectivity index (χ0v) is 10.1. The molecule has 0 spiro atoms. The van der Waals surface area contributed by atoms with Crippen molar-refractivity contribution in [2.45, 2.75) is 13.3 Å². The Morgan fingerprint density at radius 1 is 1.53 bits per heavy atom. The minimum absolute atomic E-state index is 0.150. The fourth-order valence-corrected chi connectivity index (χ4v) is 1.71. The molecule has 1 aromatic heterocycles. The minimum atomic E-state index is -0.150. The van der Waals surface area contributed by atoms with E-state index in [2.05, 4.69) is 4.98 Å². The summed E-state index contributed by atoms with van der Waals surface area (Å²) in [5, 5.41) is 0.447. The molecule has 2 N–H and O–H groups in total. The van der Waals surface area contributed by atoms with Gasteiger partial charge in [-0.25, -0.2) is 4.98 Å². The van der Waals surface area contributed by atoms with Gasteiger partial charge in [0, 0.05) is 24.4 Å². The summed E-state index contributed by atoms with van der Waals surface area (Å²) in [5.41, 5.74) is 6.57. The molecule has 0 aliphatic carbocycles. The first-order chi connectivity index (χ1) is 8.13. The fourth-order valence-electron chi connectivity index (χ4n) is 1.60. The Bertz CT molecular complexity index is 563. The predicted octanol–water partition coefficient (Wildman–Crippen LogP) is 2.37. The van der Waals surface area contributed by atoms with Crippen LogP contribution in [0.25, 0.3) is 0 Å². The summed E-state index contributed by atoms with van der Waals surface area (Å²) >= 11 is 5.81. The molecule has 2 aromatic rings. The maximum Gasteiger partial charge on any atom is 0.263 e. The summed E-state index contributed by atoms with van der Waals surface area (Å²) in [6, 6.07) is 4.84. The van der Waals surface area contributed by atoms with Gasteiger partial charge in [0.2, 0.25) is 0 Å². The maximum atomic E-state index is 12.2. The van der Waals surface area contributed by atoms with E-state index in [0.717, 1.165) is 5.82 Å². The molecule has 0 saturated heterocycles. The summed E-state index contributed by atoms with van der Waals surface area (Å²) < 4.78 is 1.52. The molecule has 5 heteroatoms. The van der Waals surface area contributed by atoms with Crippen LogP contribution in [0.4, 0.5) is 5.69 Å². The number of hydrogen-bond donors (Lipinski definition) is 1. The summed E-state index contributed by atoms with van der Waals surface area (Å²) in [6.45, 7) is 1.95. The lowest BCUT2D eigenvalue weighted by Gasteiger charge is -2.06. The molecule has 88 valence electrons. The van der Waals surface area contributed by atoms with Crippen molar-refractivity contribution >= 4 is 23.2 Å². The summed E-state index contributed by atoms with van der Waals surface area (Å²) in [6.07, 6.45) is 3.95. The maximum absolute atomic E-state index is 12.2. The van der Waals surface area contributed by atoms with E-state index in [9.17, 15) is 4.79 Å². The number of carbonyl (C=O) groups is 1. The molecule has 0 aliphatic heterocycles. The number of anilines is 1. The van der Waals surface area contributed by atoms with Gasteiger partial charge >= 0.3 is 0 Å². The first-order valence-electron chi connectivity index (χ1n) is 5.25.